The van der Waals surface area contributed by atoms with Crippen LogP contribution in [0.5, 0.6) is 11.5 Å². The lowest BCUT2D eigenvalue weighted by Gasteiger charge is -2.05. The van der Waals surface area contributed by atoms with Crippen LogP contribution in [0.2, 0.25) is 0 Å². The van der Waals surface area contributed by atoms with Crippen molar-refractivity contribution >= 4 is 27.9 Å². The van der Waals surface area contributed by atoms with Crippen LogP contribution in [0.1, 0.15) is 16.1 Å². The van der Waals surface area contributed by atoms with Crippen molar-refractivity contribution in [3.63, 3.8) is 0 Å². The molecule has 0 bridgehead atoms. The minimum atomic E-state index is -0.906. The predicted octanol–water partition coefficient (Wildman–Crippen LogP) is 2.05. The van der Waals surface area contributed by atoms with Crippen LogP contribution in [0.4, 0.5) is 0 Å². The van der Waals surface area contributed by atoms with Gasteiger partial charge in [0.2, 0.25) is 0 Å². The monoisotopic (exact) mass is 290 g/mol. The third kappa shape index (κ3) is 1.74. The summed E-state index contributed by atoms with van der Waals surface area (Å²) in [6, 6.07) is 2.60. The first-order chi connectivity index (χ1) is 9.93. The van der Waals surface area contributed by atoms with Crippen LogP contribution < -0.4 is 5.63 Å². The Bertz CT molecular complexity index is 945. The summed E-state index contributed by atoms with van der Waals surface area (Å²) in [5.74, 6) is -1.81. The Morgan fingerprint density at radius 1 is 1.14 bits per heavy atom. The fraction of sp³-hybridized carbons (Fsp3) is 0.143. The van der Waals surface area contributed by atoms with Gasteiger partial charge in [-0.05, 0) is 6.92 Å². The van der Waals surface area contributed by atoms with E-state index >= 15 is 0 Å². The number of ether oxygens (including phenoxy) is 1. The summed E-state index contributed by atoms with van der Waals surface area (Å²) in [6.45, 7) is 1.57. The Labute approximate surface area is 117 Å². The van der Waals surface area contributed by atoms with E-state index < -0.39 is 23.1 Å². The maximum atomic E-state index is 12.0. The maximum absolute atomic E-state index is 12.0. The summed E-state index contributed by atoms with van der Waals surface area (Å²) < 4.78 is 15.0. The SMILES string of the molecule is COC(=O)c1c(O)c(O)cc2oc3cc(C)oc(=O)c3c12. The molecule has 3 aromatic rings. The summed E-state index contributed by atoms with van der Waals surface area (Å²) in [6.07, 6.45) is 0. The lowest BCUT2D eigenvalue weighted by molar-refractivity contribution is 0.0599. The second kappa shape index (κ2) is 4.27. The zero-order valence-electron chi connectivity index (χ0n) is 11.1. The van der Waals surface area contributed by atoms with E-state index in [1.165, 1.54) is 6.07 Å². The van der Waals surface area contributed by atoms with Crippen LogP contribution >= 0.6 is 0 Å². The van der Waals surface area contributed by atoms with Gasteiger partial charge in [-0.3, -0.25) is 0 Å². The molecule has 0 aliphatic rings. The zero-order chi connectivity index (χ0) is 15.3. The van der Waals surface area contributed by atoms with Gasteiger partial charge in [0.1, 0.15) is 27.9 Å². The lowest BCUT2D eigenvalue weighted by atomic mass is 10.1. The van der Waals surface area contributed by atoms with E-state index in [0.717, 1.165) is 13.2 Å². The molecule has 0 spiro atoms. The molecule has 1 aromatic carbocycles. The molecule has 108 valence electrons. The molecule has 0 radical (unpaired) electrons. The van der Waals surface area contributed by atoms with Gasteiger partial charge < -0.3 is 23.8 Å². The average molecular weight is 290 g/mol. The van der Waals surface area contributed by atoms with Crippen molar-refractivity contribution in [2.24, 2.45) is 0 Å². The Hall–Kier alpha value is -2.96. The third-order valence-electron chi connectivity index (χ3n) is 3.14. The smallest absolute Gasteiger partial charge is 0.347 e. The first-order valence-electron chi connectivity index (χ1n) is 5.94. The van der Waals surface area contributed by atoms with Gasteiger partial charge in [0.05, 0.1) is 12.5 Å². The number of phenolic OH excluding ortho intramolecular Hbond substituents is 2. The van der Waals surface area contributed by atoms with Gasteiger partial charge in [0.15, 0.2) is 11.5 Å². The van der Waals surface area contributed by atoms with Gasteiger partial charge in [-0.2, -0.15) is 0 Å². The zero-order valence-corrected chi connectivity index (χ0v) is 11.1. The van der Waals surface area contributed by atoms with E-state index in [9.17, 15) is 19.8 Å². The summed E-state index contributed by atoms with van der Waals surface area (Å²) in [5.41, 5.74) is -0.797. The van der Waals surface area contributed by atoms with Gasteiger partial charge >= 0.3 is 11.6 Å². The molecule has 2 aromatic heterocycles. The second-order valence-corrected chi connectivity index (χ2v) is 4.47. The number of carbonyl (C=O) groups excluding carboxylic acids is 1. The minimum absolute atomic E-state index is 0.00583. The number of aromatic hydroxyl groups is 2. The molecule has 3 rings (SSSR count). The van der Waals surface area contributed by atoms with E-state index in [2.05, 4.69) is 4.74 Å². The molecule has 0 saturated heterocycles. The second-order valence-electron chi connectivity index (χ2n) is 4.47. The van der Waals surface area contributed by atoms with E-state index in [4.69, 9.17) is 8.83 Å². The number of phenols is 2. The summed E-state index contributed by atoms with van der Waals surface area (Å²) >= 11 is 0. The van der Waals surface area contributed by atoms with E-state index in [-0.39, 0.29) is 27.5 Å². The van der Waals surface area contributed by atoms with Crippen molar-refractivity contribution in [1.29, 1.82) is 0 Å². The predicted molar refractivity (Wildman–Crippen MR) is 71.7 cm³/mol. The van der Waals surface area contributed by atoms with Gasteiger partial charge in [-0.15, -0.1) is 0 Å². The number of hydrogen-bond acceptors (Lipinski definition) is 7. The van der Waals surface area contributed by atoms with Crippen LogP contribution in [0.25, 0.3) is 21.9 Å². The van der Waals surface area contributed by atoms with Crippen LogP contribution in [0.3, 0.4) is 0 Å². The van der Waals surface area contributed by atoms with Crippen molar-refractivity contribution in [3.05, 3.63) is 33.9 Å². The Morgan fingerprint density at radius 3 is 2.48 bits per heavy atom. The lowest BCUT2D eigenvalue weighted by Crippen LogP contribution is -2.05. The first-order valence-corrected chi connectivity index (χ1v) is 5.94. The summed E-state index contributed by atoms with van der Waals surface area (Å²) in [5, 5.41) is 19.6. The maximum Gasteiger partial charge on any atom is 0.347 e. The van der Waals surface area contributed by atoms with Gasteiger partial charge in [-0.25, -0.2) is 9.59 Å². The van der Waals surface area contributed by atoms with Crippen molar-refractivity contribution in [1.82, 2.24) is 0 Å². The molecular weight excluding hydrogens is 280 g/mol. The molecule has 0 amide bonds. The molecule has 0 saturated carbocycles. The van der Waals surface area contributed by atoms with E-state index in [1.807, 2.05) is 0 Å². The highest BCUT2D eigenvalue weighted by Crippen LogP contribution is 2.40. The topological polar surface area (TPSA) is 110 Å². The highest BCUT2D eigenvalue weighted by Gasteiger charge is 2.26. The minimum Gasteiger partial charge on any atom is -0.504 e. The Morgan fingerprint density at radius 2 is 1.81 bits per heavy atom. The van der Waals surface area contributed by atoms with E-state index in [1.54, 1.807) is 6.92 Å². The molecule has 7 heteroatoms. The van der Waals surface area contributed by atoms with Crippen LogP contribution in [-0.4, -0.2) is 23.3 Å². The van der Waals surface area contributed by atoms with Crippen LogP contribution in [0.15, 0.2) is 25.8 Å². The Balaban J connectivity index is 2.62. The largest absolute Gasteiger partial charge is 0.504 e. The normalized spacial score (nSPS) is 11.1. The average Bonchev–Trinajstić information content (AvgIpc) is 2.76. The molecule has 0 fully saturated rings. The number of hydrogen-bond donors (Lipinski definition) is 2. The van der Waals surface area contributed by atoms with E-state index in [0.29, 0.717) is 5.76 Å². The number of esters is 1. The number of aryl methyl sites for hydroxylation is 1. The van der Waals surface area contributed by atoms with Crippen molar-refractivity contribution in [2.45, 2.75) is 6.92 Å². The third-order valence-corrected chi connectivity index (χ3v) is 3.14. The first kappa shape index (κ1) is 13.0. The molecular formula is C14H10O7. The molecule has 21 heavy (non-hydrogen) atoms. The number of furan rings is 1. The highest BCUT2D eigenvalue weighted by atomic mass is 16.5. The molecule has 0 atom stereocenters. The standard InChI is InChI=1S/C14H10O7/c1-5-3-7-10(14(18)20-5)9-8(21-7)4-6(15)12(16)11(9)13(17)19-2/h3-4,15-16H,1-2H3. The van der Waals surface area contributed by atoms with Crippen molar-refractivity contribution in [3.8, 4) is 11.5 Å². The molecule has 2 N–H and O–H groups in total. The van der Waals surface area contributed by atoms with Crippen molar-refractivity contribution < 1.29 is 28.6 Å². The quantitative estimate of drug-likeness (QED) is 0.521. The molecule has 2 heterocycles. The van der Waals surface area contributed by atoms with Gasteiger partial charge in [-0.1, -0.05) is 0 Å². The number of rotatable bonds is 1. The molecule has 7 nitrogen and oxygen atoms in total. The molecule has 0 aliphatic heterocycles. The van der Waals surface area contributed by atoms with Gasteiger partial charge in [0, 0.05) is 12.1 Å². The van der Waals surface area contributed by atoms with Crippen LogP contribution in [0, 0.1) is 6.92 Å². The van der Waals surface area contributed by atoms with Crippen LogP contribution in [-0.2, 0) is 4.74 Å². The number of benzene rings is 1. The Kier molecular flexibility index (Phi) is 2.65. The fourth-order valence-corrected chi connectivity index (χ4v) is 2.27. The van der Waals surface area contributed by atoms with Gasteiger partial charge in [0.25, 0.3) is 0 Å². The number of fused-ring (bicyclic) bond motifs is 3. The molecule has 0 aliphatic carbocycles. The van der Waals surface area contributed by atoms with Crippen molar-refractivity contribution in [2.75, 3.05) is 7.11 Å². The summed E-state index contributed by atoms with van der Waals surface area (Å²) in [7, 11) is 1.12. The summed E-state index contributed by atoms with van der Waals surface area (Å²) in [4.78, 5) is 23.9. The molecule has 0 unspecified atom stereocenters. The number of carbonyl (C=O) groups is 1. The highest BCUT2D eigenvalue weighted by molar-refractivity contribution is 6.17. The number of methoxy groups -OCH3 is 1. The fourth-order valence-electron chi connectivity index (χ4n) is 2.27.